The molecule has 0 unspecified atom stereocenters. The van der Waals surface area contributed by atoms with Crippen LogP contribution in [0, 0.1) is 0 Å². The van der Waals surface area contributed by atoms with Crippen LogP contribution in [0.5, 0.6) is 5.75 Å². The highest BCUT2D eigenvalue weighted by Gasteiger charge is 2.12. The number of ether oxygens (including phenoxy) is 1. The highest BCUT2D eigenvalue weighted by Crippen LogP contribution is 2.31. The Labute approximate surface area is 148 Å². The van der Waals surface area contributed by atoms with Crippen molar-refractivity contribution in [2.45, 2.75) is 0 Å². The lowest BCUT2D eigenvalue weighted by atomic mass is 10.0. The van der Waals surface area contributed by atoms with Crippen LogP contribution in [0.15, 0.2) is 71.5 Å². The largest absolute Gasteiger partial charge is 0.496 e. The minimum atomic E-state index is -0.195. The number of amides is 1. The van der Waals surface area contributed by atoms with Crippen molar-refractivity contribution < 1.29 is 9.53 Å². The van der Waals surface area contributed by atoms with Crippen molar-refractivity contribution in [2.24, 2.45) is 0 Å². The predicted molar refractivity (Wildman–Crippen MR) is 98.3 cm³/mol. The number of halogens is 1. The van der Waals surface area contributed by atoms with E-state index in [1.54, 1.807) is 37.6 Å². The van der Waals surface area contributed by atoms with Crippen LogP contribution in [-0.4, -0.2) is 18.0 Å². The van der Waals surface area contributed by atoms with E-state index < -0.39 is 0 Å². The van der Waals surface area contributed by atoms with Crippen molar-refractivity contribution in [3.63, 3.8) is 0 Å². The fraction of sp³-hybridized carbons (Fsp3) is 0.0526. The number of carbonyl (C=O) groups excluding carboxylic acids is 1. The normalized spacial score (nSPS) is 10.2. The number of rotatable bonds is 4. The number of hydrogen-bond donors (Lipinski definition) is 1. The molecule has 0 atom stereocenters. The monoisotopic (exact) mass is 382 g/mol. The molecule has 5 heteroatoms. The Morgan fingerprint density at radius 1 is 1.08 bits per heavy atom. The van der Waals surface area contributed by atoms with Gasteiger partial charge in [0.1, 0.15) is 10.4 Å². The minimum Gasteiger partial charge on any atom is -0.496 e. The van der Waals surface area contributed by atoms with Gasteiger partial charge in [-0.25, -0.2) is 4.98 Å². The molecule has 0 saturated heterocycles. The third-order valence-corrected chi connectivity index (χ3v) is 4.00. The first kappa shape index (κ1) is 16.2. The van der Waals surface area contributed by atoms with E-state index in [1.165, 1.54) is 0 Å². The molecule has 3 rings (SSSR count). The predicted octanol–water partition coefficient (Wildman–Crippen LogP) is 4.77. The highest BCUT2D eigenvalue weighted by molar-refractivity contribution is 9.10. The van der Waals surface area contributed by atoms with Crippen LogP contribution in [0.2, 0.25) is 0 Å². The molecule has 1 heterocycles. The van der Waals surface area contributed by atoms with Crippen molar-refractivity contribution in [1.29, 1.82) is 0 Å². The van der Waals surface area contributed by atoms with E-state index in [2.05, 4.69) is 26.2 Å². The summed E-state index contributed by atoms with van der Waals surface area (Å²) in [5.41, 5.74) is 3.06. The van der Waals surface area contributed by atoms with E-state index in [1.807, 2.05) is 36.4 Å². The Bertz CT molecular complexity index is 849. The van der Waals surface area contributed by atoms with Gasteiger partial charge in [-0.2, -0.15) is 0 Å². The summed E-state index contributed by atoms with van der Waals surface area (Å²) in [5.74, 6) is 0.530. The maximum Gasteiger partial charge on any atom is 0.255 e. The summed E-state index contributed by atoms with van der Waals surface area (Å²) in [6.45, 7) is 0. The van der Waals surface area contributed by atoms with Gasteiger partial charge in [-0.05, 0) is 51.8 Å². The number of carbonyl (C=O) groups is 1. The number of nitrogens with one attached hydrogen (secondary N) is 1. The van der Waals surface area contributed by atoms with Crippen LogP contribution in [0.4, 0.5) is 5.69 Å². The zero-order chi connectivity index (χ0) is 16.9. The van der Waals surface area contributed by atoms with Gasteiger partial charge in [0, 0.05) is 11.1 Å². The number of hydrogen-bond acceptors (Lipinski definition) is 3. The summed E-state index contributed by atoms with van der Waals surface area (Å²) in [4.78, 5) is 16.6. The molecule has 0 aliphatic heterocycles. The Morgan fingerprint density at radius 2 is 1.88 bits per heavy atom. The van der Waals surface area contributed by atoms with E-state index >= 15 is 0 Å². The van der Waals surface area contributed by atoms with E-state index in [4.69, 9.17) is 4.74 Å². The van der Waals surface area contributed by atoms with Crippen LogP contribution >= 0.6 is 15.9 Å². The molecule has 4 nitrogen and oxygen atoms in total. The maximum absolute atomic E-state index is 12.5. The van der Waals surface area contributed by atoms with Gasteiger partial charge in [0.15, 0.2) is 0 Å². The molecule has 0 spiro atoms. The first-order chi connectivity index (χ1) is 11.7. The first-order valence-corrected chi connectivity index (χ1v) is 8.13. The summed E-state index contributed by atoms with van der Waals surface area (Å²) < 4.78 is 6.14. The van der Waals surface area contributed by atoms with Gasteiger partial charge in [0.25, 0.3) is 5.91 Å². The lowest BCUT2D eigenvalue weighted by Crippen LogP contribution is -2.12. The molecular formula is C19H15BrN2O2. The lowest BCUT2D eigenvalue weighted by molar-refractivity contribution is 0.102. The third kappa shape index (κ3) is 3.63. The summed E-state index contributed by atoms with van der Waals surface area (Å²) >= 11 is 3.27. The van der Waals surface area contributed by atoms with Gasteiger partial charge in [-0.3, -0.25) is 4.79 Å². The second-order valence-corrected chi connectivity index (χ2v) is 5.92. The number of benzene rings is 2. The van der Waals surface area contributed by atoms with E-state index in [0.29, 0.717) is 11.3 Å². The van der Waals surface area contributed by atoms with Gasteiger partial charge < -0.3 is 10.1 Å². The molecule has 0 bridgehead atoms. The second-order valence-electron chi connectivity index (χ2n) is 5.10. The van der Waals surface area contributed by atoms with Crippen molar-refractivity contribution in [1.82, 2.24) is 4.98 Å². The highest BCUT2D eigenvalue weighted by atomic mass is 79.9. The van der Waals surface area contributed by atoms with Crippen molar-refractivity contribution in [2.75, 3.05) is 12.4 Å². The molecule has 1 amide bonds. The lowest BCUT2D eigenvalue weighted by Gasteiger charge is -2.11. The van der Waals surface area contributed by atoms with Gasteiger partial charge >= 0.3 is 0 Å². The summed E-state index contributed by atoms with van der Waals surface area (Å²) in [6.07, 6.45) is 1.60. The van der Waals surface area contributed by atoms with Gasteiger partial charge in [0.2, 0.25) is 0 Å². The number of aromatic nitrogens is 1. The molecule has 120 valence electrons. The molecule has 3 aromatic rings. The molecule has 24 heavy (non-hydrogen) atoms. The molecule has 1 aromatic heterocycles. The second kappa shape index (κ2) is 7.27. The molecule has 0 fully saturated rings. The van der Waals surface area contributed by atoms with Crippen LogP contribution < -0.4 is 10.1 Å². The molecule has 0 aliphatic rings. The zero-order valence-electron chi connectivity index (χ0n) is 13.0. The molecule has 1 N–H and O–H groups in total. The average Bonchev–Trinajstić information content (AvgIpc) is 2.63. The average molecular weight is 383 g/mol. The summed E-state index contributed by atoms with van der Waals surface area (Å²) in [6, 6.07) is 18.8. The number of methoxy groups -OCH3 is 1. The van der Waals surface area contributed by atoms with E-state index in [-0.39, 0.29) is 5.91 Å². The fourth-order valence-electron chi connectivity index (χ4n) is 2.35. The SMILES string of the molecule is COc1ccc(C(=O)Nc2ccc(Br)nc2)cc1-c1ccccc1. The first-order valence-electron chi connectivity index (χ1n) is 7.34. The van der Waals surface area contributed by atoms with Crippen LogP contribution in [-0.2, 0) is 0 Å². The number of pyridine rings is 1. The number of anilines is 1. The third-order valence-electron chi connectivity index (χ3n) is 3.53. The molecule has 0 saturated carbocycles. The number of nitrogens with zero attached hydrogens (tertiary/aromatic N) is 1. The molecule has 2 aromatic carbocycles. The van der Waals surface area contributed by atoms with Crippen LogP contribution in [0.1, 0.15) is 10.4 Å². The van der Waals surface area contributed by atoms with E-state index in [9.17, 15) is 4.79 Å². The van der Waals surface area contributed by atoms with Crippen LogP contribution in [0.3, 0.4) is 0 Å². The van der Waals surface area contributed by atoms with Crippen molar-refractivity contribution in [3.05, 3.63) is 77.0 Å². The smallest absolute Gasteiger partial charge is 0.255 e. The van der Waals surface area contributed by atoms with Gasteiger partial charge in [-0.15, -0.1) is 0 Å². The van der Waals surface area contributed by atoms with Crippen LogP contribution in [0.25, 0.3) is 11.1 Å². The Balaban J connectivity index is 1.91. The maximum atomic E-state index is 12.5. The standard InChI is InChI=1S/C19H15BrN2O2/c1-24-17-9-7-14(11-16(17)13-5-3-2-4-6-13)19(23)22-15-8-10-18(20)21-12-15/h2-12H,1H3,(H,22,23). The topological polar surface area (TPSA) is 51.2 Å². The Morgan fingerprint density at radius 3 is 2.54 bits per heavy atom. The van der Waals surface area contributed by atoms with E-state index in [0.717, 1.165) is 21.5 Å². The van der Waals surface area contributed by atoms with Gasteiger partial charge in [0.05, 0.1) is 19.0 Å². The fourth-order valence-corrected chi connectivity index (χ4v) is 2.58. The summed E-state index contributed by atoms with van der Waals surface area (Å²) in [5, 5.41) is 2.84. The minimum absolute atomic E-state index is 0.195. The van der Waals surface area contributed by atoms with Gasteiger partial charge in [-0.1, -0.05) is 30.3 Å². The van der Waals surface area contributed by atoms with Crippen molar-refractivity contribution >= 4 is 27.5 Å². The zero-order valence-corrected chi connectivity index (χ0v) is 14.6. The molecule has 0 radical (unpaired) electrons. The Hall–Kier alpha value is -2.66. The summed E-state index contributed by atoms with van der Waals surface area (Å²) in [7, 11) is 1.62. The molecular weight excluding hydrogens is 368 g/mol. The van der Waals surface area contributed by atoms with Crippen molar-refractivity contribution in [3.8, 4) is 16.9 Å². The Kier molecular flexibility index (Phi) is 4.91. The molecule has 0 aliphatic carbocycles. The quantitative estimate of drug-likeness (QED) is 0.661.